The third-order valence-corrected chi connectivity index (χ3v) is 5.57. The number of hydrogen-bond acceptors (Lipinski definition) is 3. The van der Waals surface area contributed by atoms with E-state index in [1.807, 2.05) is 54.8 Å². The number of hydrogen-bond donors (Lipinski definition) is 1. The van der Waals surface area contributed by atoms with Crippen molar-refractivity contribution < 1.29 is 14.3 Å². The lowest BCUT2D eigenvalue weighted by atomic mass is 9.92. The molecule has 1 saturated heterocycles. The smallest absolute Gasteiger partial charge is 0.228 e. The second-order valence-corrected chi connectivity index (χ2v) is 9.09. The van der Waals surface area contributed by atoms with Crippen LogP contribution in [0.3, 0.4) is 0 Å². The van der Waals surface area contributed by atoms with E-state index >= 15 is 0 Å². The maximum atomic E-state index is 14.7. The Morgan fingerprint density at radius 1 is 1.17 bits per heavy atom. The Kier molecular flexibility index (Phi) is 6.20. The first-order valence-electron chi connectivity index (χ1n) is 9.87. The average molecular weight is 419 g/mol. The molecule has 1 N–H and O–H groups in total. The zero-order valence-corrected chi connectivity index (χ0v) is 18.1. The number of halogens is 2. The molecule has 2 atom stereocenters. The second kappa shape index (κ2) is 8.33. The number of carbonyl (C=O) groups is 1. The van der Waals surface area contributed by atoms with Crippen LogP contribution in [0.15, 0.2) is 42.5 Å². The fourth-order valence-electron chi connectivity index (χ4n) is 3.73. The second-order valence-electron chi connectivity index (χ2n) is 8.65. The summed E-state index contributed by atoms with van der Waals surface area (Å²) in [5.74, 6) is -0.293. The number of nitrogens with zero attached hydrogens (tertiary/aromatic N) is 2. The number of rotatable bonds is 3. The quantitative estimate of drug-likeness (QED) is 0.765. The third kappa shape index (κ3) is 4.73. The Hall–Kier alpha value is -2.11. The maximum Gasteiger partial charge on any atom is 0.228 e. The summed E-state index contributed by atoms with van der Waals surface area (Å²) in [4.78, 5) is 16.7. The molecule has 1 unspecified atom stereocenters. The molecule has 1 fully saturated rings. The predicted molar refractivity (Wildman–Crippen MR) is 115 cm³/mol. The highest BCUT2D eigenvalue weighted by Crippen LogP contribution is 2.35. The van der Waals surface area contributed by atoms with Crippen molar-refractivity contribution in [3.63, 3.8) is 0 Å². The average Bonchev–Trinajstić information content (AvgIpc) is 2.66. The van der Waals surface area contributed by atoms with Gasteiger partial charge in [0.2, 0.25) is 5.91 Å². The predicted octanol–water partition coefficient (Wildman–Crippen LogP) is 4.97. The molecule has 1 amide bonds. The van der Waals surface area contributed by atoms with E-state index in [9.17, 15) is 14.3 Å². The van der Waals surface area contributed by atoms with Gasteiger partial charge in [-0.1, -0.05) is 56.6 Å². The van der Waals surface area contributed by atoms with Crippen molar-refractivity contribution in [3.8, 4) is 0 Å². The molecule has 4 nitrogen and oxygen atoms in total. The van der Waals surface area contributed by atoms with Crippen molar-refractivity contribution in [2.45, 2.75) is 39.8 Å². The number of benzene rings is 2. The first kappa shape index (κ1) is 21.6. The van der Waals surface area contributed by atoms with Gasteiger partial charge in [-0.15, -0.1) is 0 Å². The van der Waals surface area contributed by atoms with E-state index in [0.717, 1.165) is 11.1 Å². The number of carbonyl (C=O) groups excluding carboxylic acids is 1. The summed E-state index contributed by atoms with van der Waals surface area (Å²) in [6, 6.07) is 12.1. The summed E-state index contributed by atoms with van der Waals surface area (Å²) in [5, 5.41) is 10.1. The summed E-state index contributed by atoms with van der Waals surface area (Å²) < 4.78 is 14.7. The molecule has 1 aliphatic rings. The molecule has 0 radical (unpaired) electrons. The van der Waals surface area contributed by atoms with Gasteiger partial charge in [0, 0.05) is 30.1 Å². The highest BCUT2D eigenvalue weighted by atomic mass is 35.5. The van der Waals surface area contributed by atoms with E-state index in [-0.39, 0.29) is 17.8 Å². The van der Waals surface area contributed by atoms with Crippen molar-refractivity contribution >= 4 is 23.2 Å². The molecule has 0 saturated carbocycles. The normalized spacial score (nSPS) is 18.7. The van der Waals surface area contributed by atoms with Crippen LogP contribution in [0, 0.1) is 11.2 Å². The Labute approximate surface area is 176 Å². The largest absolute Gasteiger partial charge is 0.389 e. The van der Waals surface area contributed by atoms with Crippen LogP contribution in [0.2, 0.25) is 5.02 Å². The standard InChI is InChI=1S/C23H28ClFN2O2/c1-15(28)16-5-7-17(8-6-16)21-14-26(22(29)23(2,3)4)11-12-27(21)20-10-9-18(24)13-19(20)25/h5-10,13,15,21,28H,11-12,14H2,1-4H3/t15-,21?/m1/s1. The van der Waals surface area contributed by atoms with Gasteiger partial charge in [0.25, 0.3) is 0 Å². The zero-order chi connectivity index (χ0) is 21.3. The molecule has 156 valence electrons. The molecular formula is C23H28ClFN2O2. The fourth-order valence-corrected chi connectivity index (χ4v) is 3.89. The first-order chi connectivity index (χ1) is 13.6. The molecule has 1 heterocycles. The van der Waals surface area contributed by atoms with E-state index in [4.69, 9.17) is 11.6 Å². The van der Waals surface area contributed by atoms with Crippen LogP contribution in [0.4, 0.5) is 10.1 Å². The van der Waals surface area contributed by atoms with Gasteiger partial charge in [-0.05, 0) is 36.2 Å². The third-order valence-electron chi connectivity index (χ3n) is 5.33. The van der Waals surface area contributed by atoms with Crippen LogP contribution in [-0.4, -0.2) is 35.5 Å². The molecule has 0 bridgehead atoms. The van der Waals surface area contributed by atoms with Crippen molar-refractivity contribution in [2.24, 2.45) is 5.41 Å². The molecule has 29 heavy (non-hydrogen) atoms. The minimum Gasteiger partial charge on any atom is -0.389 e. The zero-order valence-electron chi connectivity index (χ0n) is 17.3. The lowest BCUT2D eigenvalue weighted by molar-refractivity contribution is -0.140. The van der Waals surface area contributed by atoms with Crippen LogP contribution in [0.1, 0.15) is 51.0 Å². The van der Waals surface area contributed by atoms with Gasteiger partial charge in [0.05, 0.1) is 17.8 Å². The van der Waals surface area contributed by atoms with Crippen LogP contribution < -0.4 is 4.90 Å². The molecule has 0 spiro atoms. The Balaban J connectivity index is 1.98. The van der Waals surface area contributed by atoms with Crippen molar-refractivity contribution in [2.75, 3.05) is 24.5 Å². The molecule has 1 aliphatic heterocycles. The number of piperazine rings is 1. The summed E-state index contributed by atoms with van der Waals surface area (Å²) in [6.07, 6.45) is -0.556. The Morgan fingerprint density at radius 2 is 1.83 bits per heavy atom. The van der Waals surface area contributed by atoms with E-state index in [2.05, 4.69) is 0 Å². The van der Waals surface area contributed by atoms with Gasteiger partial charge in [-0.25, -0.2) is 4.39 Å². The highest BCUT2D eigenvalue weighted by Gasteiger charge is 2.35. The van der Waals surface area contributed by atoms with Crippen LogP contribution in [-0.2, 0) is 4.79 Å². The minimum absolute atomic E-state index is 0.0827. The van der Waals surface area contributed by atoms with Crippen molar-refractivity contribution in [1.82, 2.24) is 4.90 Å². The highest BCUT2D eigenvalue weighted by molar-refractivity contribution is 6.30. The van der Waals surface area contributed by atoms with Gasteiger partial charge in [-0.3, -0.25) is 4.79 Å². The molecule has 2 aromatic carbocycles. The molecular weight excluding hydrogens is 391 g/mol. The van der Waals surface area contributed by atoms with E-state index in [1.165, 1.54) is 6.07 Å². The fraction of sp³-hybridized carbons (Fsp3) is 0.435. The Bertz CT molecular complexity index is 877. The van der Waals surface area contributed by atoms with E-state index in [0.29, 0.717) is 30.3 Å². The SMILES string of the molecule is C[C@@H](O)c1ccc(C2CN(C(=O)C(C)(C)C)CCN2c2ccc(Cl)cc2F)cc1. The van der Waals surface area contributed by atoms with Gasteiger partial charge in [0.1, 0.15) is 5.82 Å². The van der Waals surface area contributed by atoms with Crippen LogP contribution in [0.25, 0.3) is 0 Å². The summed E-state index contributed by atoms with van der Waals surface area (Å²) in [7, 11) is 0. The van der Waals surface area contributed by atoms with E-state index < -0.39 is 11.5 Å². The number of anilines is 1. The molecule has 0 aliphatic carbocycles. The lowest BCUT2D eigenvalue weighted by Gasteiger charge is -2.44. The monoisotopic (exact) mass is 418 g/mol. The molecule has 3 rings (SSSR count). The van der Waals surface area contributed by atoms with Gasteiger partial charge < -0.3 is 14.9 Å². The summed E-state index contributed by atoms with van der Waals surface area (Å²) in [5.41, 5.74) is 1.78. The van der Waals surface area contributed by atoms with Crippen LogP contribution >= 0.6 is 11.6 Å². The van der Waals surface area contributed by atoms with Gasteiger partial charge >= 0.3 is 0 Å². The van der Waals surface area contributed by atoms with Crippen LogP contribution in [0.5, 0.6) is 0 Å². The number of aliphatic hydroxyl groups excluding tert-OH is 1. The number of amides is 1. The number of aliphatic hydroxyl groups is 1. The van der Waals surface area contributed by atoms with Gasteiger partial charge in [0.15, 0.2) is 0 Å². The van der Waals surface area contributed by atoms with Crippen molar-refractivity contribution in [1.29, 1.82) is 0 Å². The van der Waals surface area contributed by atoms with E-state index in [1.54, 1.807) is 19.1 Å². The Morgan fingerprint density at radius 3 is 2.38 bits per heavy atom. The van der Waals surface area contributed by atoms with Crippen molar-refractivity contribution in [3.05, 3.63) is 64.4 Å². The molecule has 2 aromatic rings. The summed E-state index contributed by atoms with van der Waals surface area (Å²) in [6.45, 7) is 8.96. The molecule has 6 heteroatoms. The first-order valence-corrected chi connectivity index (χ1v) is 10.2. The maximum absolute atomic E-state index is 14.7. The molecule has 0 aromatic heterocycles. The van der Waals surface area contributed by atoms with Gasteiger partial charge in [-0.2, -0.15) is 0 Å². The topological polar surface area (TPSA) is 43.8 Å². The minimum atomic E-state index is -0.556. The lowest BCUT2D eigenvalue weighted by Crippen LogP contribution is -2.53. The summed E-state index contributed by atoms with van der Waals surface area (Å²) >= 11 is 5.94.